The summed E-state index contributed by atoms with van der Waals surface area (Å²) in [6.07, 6.45) is 3.41. The van der Waals surface area contributed by atoms with E-state index in [4.69, 9.17) is 15.6 Å². The molecule has 0 saturated heterocycles. The maximum Gasteiger partial charge on any atom is 0.320 e. The lowest BCUT2D eigenvalue weighted by molar-refractivity contribution is -0.143. The van der Waals surface area contributed by atoms with E-state index in [9.17, 15) is 4.79 Å². The average molecular weight is 173 g/mol. The minimum Gasteiger partial charge on any atom is -0.480 e. The Balaban J connectivity index is 2.42. The summed E-state index contributed by atoms with van der Waals surface area (Å²) in [6.45, 7) is 0. The largest absolute Gasteiger partial charge is 0.480 e. The van der Waals surface area contributed by atoms with Crippen LogP contribution in [0.2, 0.25) is 0 Å². The molecule has 1 rings (SSSR count). The third kappa shape index (κ3) is 1.76. The normalized spacial score (nSPS) is 22.8. The Morgan fingerprint density at radius 1 is 1.75 bits per heavy atom. The number of methoxy groups -OCH3 is 1. The van der Waals surface area contributed by atoms with Gasteiger partial charge >= 0.3 is 5.97 Å². The molecule has 0 amide bonds. The van der Waals surface area contributed by atoms with Crippen molar-refractivity contribution in [3.05, 3.63) is 0 Å². The third-order valence-corrected chi connectivity index (χ3v) is 2.61. The highest BCUT2D eigenvalue weighted by Crippen LogP contribution is 2.38. The summed E-state index contributed by atoms with van der Waals surface area (Å²) in [4.78, 5) is 10.5. The zero-order valence-corrected chi connectivity index (χ0v) is 7.25. The summed E-state index contributed by atoms with van der Waals surface area (Å²) in [7, 11) is 1.62. The maximum atomic E-state index is 10.5. The minimum absolute atomic E-state index is 0.238. The summed E-state index contributed by atoms with van der Waals surface area (Å²) in [5, 5.41) is 8.58. The average Bonchev–Trinajstić information content (AvgIpc) is 1.96. The van der Waals surface area contributed by atoms with Gasteiger partial charge in [0, 0.05) is 13.5 Å². The maximum absolute atomic E-state index is 10.5. The first-order valence-corrected chi connectivity index (χ1v) is 4.13. The van der Waals surface area contributed by atoms with Crippen LogP contribution in [0.25, 0.3) is 0 Å². The van der Waals surface area contributed by atoms with Gasteiger partial charge in [-0.2, -0.15) is 0 Å². The molecule has 4 heteroatoms. The van der Waals surface area contributed by atoms with E-state index < -0.39 is 12.0 Å². The van der Waals surface area contributed by atoms with Crippen LogP contribution in [0.15, 0.2) is 0 Å². The molecule has 0 heterocycles. The molecule has 4 nitrogen and oxygen atoms in total. The van der Waals surface area contributed by atoms with Crippen molar-refractivity contribution in [2.45, 2.75) is 37.3 Å². The third-order valence-electron chi connectivity index (χ3n) is 2.61. The standard InChI is InChI=1S/C8H15NO3/c1-12-8(3-2-4-8)5-6(9)7(10)11/h6H,2-5,9H2,1H3,(H,10,11). The molecule has 0 spiro atoms. The van der Waals surface area contributed by atoms with E-state index in [-0.39, 0.29) is 5.60 Å². The van der Waals surface area contributed by atoms with E-state index in [0.29, 0.717) is 6.42 Å². The van der Waals surface area contributed by atoms with Gasteiger partial charge in [0.05, 0.1) is 5.60 Å². The molecule has 0 aromatic heterocycles. The van der Waals surface area contributed by atoms with Crippen LogP contribution >= 0.6 is 0 Å². The van der Waals surface area contributed by atoms with Gasteiger partial charge in [0.1, 0.15) is 6.04 Å². The number of ether oxygens (including phenoxy) is 1. The van der Waals surface area contributed by atoms with Crippen molar-refractivity contribution in [2.75, 3.05) is 7.11 Å². The lowest BCUT2D eigenvalue weighted by Gasteiger charge is -2.41. The summed E-state index contributed by atoms with van der Waals surface area (Å²) in [5.74, 6) is -0.946. The number of hydrogen-bond donors (Lipinski definition) is 2. The number of rotatable bonds is 4. The molecule has 1 aliphatic carbocycles. The van der Waals surface area contributed by atoms with E-state index in [1.165, 1.54) is 0 Å². The Morgan fingerprint density at radius 2 is 2.33 bits per heavy atom. The molecule has 1 saturated carbocycles. The molecular formula is C8H15NO3. The Labute approximate surface area is 71.7 Å². The topological polar surface area (TPSA) is 72.5 Å². The highest BCUT2D eigenvalue weighted by molar-refractivity contribution is 5.73. The predicted molar refractivity (Wildman–Crippen MR) is 43.8 cm³/mol. The van der Waals surface area contributed by atoms with Crippen molar-refractivity contribution in [1.82, 2.24) is 0 Å². The predicted octanol–water partition coefficient (Wildman–Crippen LogP) is 0.357. The molecule has 1 fully saturated rings. The first-order chi connectivity index (χ1) is 5.59. The van der Waals surface area contributed by atoms with Crippen LogP contribution in [0.1, 0.15) is 25.7 Å². The molecule has 3 N–H and O–H groups in total. The monoisotopic (exact) mass is 173 g/mol. The molecule has 12 heavy (non-hydrogen) atoms. The fraction of sp³-hybridized carbons (Fsp3) is 0.875. The molecule has 0 aromatic carbocycles. The smallest absolute Gasteiger partial charge is 0.320 e. The van der Waals surface area contributed by atoms with Crippen LogP contribution < -0.4 is 5.73 Å². The molecule has 0 radical (unpaired) electrons. The fourth-order valence-electron chi connectivity index (χ4n) is 1.55. The van der Waals surface area contributed by atoms with Crippen molar-refractivity contribution in [3.63, 3.8) is 0 Å². The first-order valence-electron chi connectivity index (χ1n) is 4.13. The summed E-state index contributed by atoms with van der Waals surface area (Å²) >= 11 is 0. The quantitative estimate of drug-likeness (QED) is 0.643. The zero-order chi connectivity index (χ0) is 9.19. The van der Waals surface area contributed by atoms with Crippen molar-refractivity contribution in [2.24, 2.45) is 5.73 Å². The van der Waals surface area contributed by atoms with Gasteiger partial charge in [0.15, 0.2) is 0 Å². The van der Waals surface area contributed by atoms with Gasteiger partial charge in [-0.1, -0.05) is 0 Å². The summed E-state index contributed by atoms with van der Waals surface area (Å²) in [6, 6.07) is -0.787. The second-order valence-electron chi connectivity index (χ2n) is 3.39. The Bertz CT molecular complexity index is 172. The SMILES string of the molecule is COC1(CC(N)C(=O)O)CCC1. The minimum atomic E-state index is -0.946. The summed E-state index contributed by atoms with van der Waals surface area (Å²) in [5.41, 5.74) is 5.17. The van der Waals surface area contributed by atoms with Gasteiger partial charge in [-0.3, -0.25) is 4.79 Å². The van der Waals surface area contributed by atoms with Gasteiger partial charge in [0.2, 0.25) is 0 Å². The van der Waals surface area contributed by atoms with E-state index in [1.54, 1.807) is 7.11 Å². The molecule has 70 valence electrons. The van der Waals surface area contributed by atoms with E-state index in [2.05, 4.69) is 0 Å². The van der Waals surface area contributed by atoms with E-state index in [1.807, 2.05) is 0 Å². The molecular weight excluding hydrogens is 158 g/mol. The molecule has 1 atom stereocenters. The zero-order valence-electron chi connectivity index (χ0n) is 7.25. The fourth-order valence-corrected chi connectivity index (χ4v) is 1.55. The number of hydrogen-bond acceptors (Lipinski definition) is 3. The van der Waals surface area contributed by atoms with Crippen LogP contribution in [-0.4, -0.2) is 29.8 Å². The van der Waals surface area contributed by atoms with Gasteiger partial charge in [0.25, 0.3) is 0 Å². The highest BCUT2D eigenvalue weighted by atomic mass is 16.5. The second-order valence-corrected chi connectivity index (χ2v) is 3.39. The van der Waals surface area contributed by atoms with Crippen molar-refractivity contribution >= 4 is 5.97 Å². The number of carboxylic acid groups (broad SMARTS) is 1. The Hall–Kier alpha value is -0.610. The van der Waals surface area contributed by atoms with Crippen LogP contribution in [0.5, 0.6) is 0 Å². The van der Waals surface area contributed by atoms with Crippen molar-refractivity contribution < 1.29 is 14.6 Å². The van der Waals surface area contributed by atoms with Crippen LogP contribution in [0.4, 0.5) is 0 Å². The summed E-state index contributed by atoms with van der Waals surface area (Å²) < 4.78 is 5.25. The number of carbonyl (C=O) groups is 1. The van der Waals surface area contributed by atoms with Crippen molar-refractivity contribution in [1.29, 1.82) is 0 Å². The van der Waals surface area contributed by atoms with Crippen LogP contribution in [0, 0.1) is 0 Å². The molecule has 0 bridgehead atoms. The van der Waals surface area contributed by atoms with Crippen molar-refractivity contribution in [3.8, 4) is 0 Å². The number of nitrogens with two attached hydrogens (primary N) is 1. The Kier molecular flexibility index (Phi) is 2.69. The highest BCUT2D eigenvalue weighted by Gasteiger charge is 2.39. The van der Waals surface area contributed by atoms with Crippen LogP contribution in [-0.2, 0) is 9.53 Å². The lowest BCUT2D eigenvalue weighted by Crippen LogP contribution is -2.46. The molecule has 1 aliphatic rings. The molecule has 0 aromatic rings. The van der Waals surface area contributed by atoms with Crippen LogP contribution in [0.3, 0.4) is 0 Å². The van der Waals surface area contributed by atoms with Gasteiger partial charge in [-0.15, -0.1) is 0 Å². The van der Waals surface area contributed by atoms with E-state index >= 15 is 0 Å². The first kappa shape index (κ1) is 9.48. The number of aliphatic carboxylic acids is 1. The molecule has 0 aliphatic heterocycles. The lowest BCUT2D eigenvalue weighted by atomic mass is 9.76. The second kappa shape index (κ2) is 3.41. The number of carboxylic acids is 1. The Morgan fingerprint density at radius 3 is 2.58 bits per heavy atom. The van der Waals surface area contributed by atoms with Gasteiger partial charge in [-0.05, 0) is 19.3 Å². The van der Waals surface area contributed by atoms with Gasteiger partial charge in [-0.25, -0.2) is 0 Å². The van der Waals surface area contributed by atoms with Gasteiger partial charge < -0.3 is 15.6 Å². The molecule has 1 unspecified atom stereocenters. The van der Waals surface area contributed by atoms with E-state index in [0.717, 1.165) is 19.3 Å².